The minimum Gasteiger partial charge on any atom is -0.494 e. The van der Waals surface area contributed by atoms with Crippen LogP contribution in [0, 0.1) is 0 Å². The Morgan fingerprint density at radius 1 is 1.00 bits per heavy atom. The van der Waals surface area contributed by atoms with Crippen LogP contribution < -0.4 is 15.4 Å². The van der Waals surface area contributed by atoms with Gasteiger partial charge in [0, 0.05) is 37.1 Å². The number of hydrogen-bond acceptors (Lipinski definition) is 5. The van der Waals surface area contributed by atoms with E-state index < -0.39 is 0 Å². The number of nitrogens with zero attached hydrogens (tertiary/aromatic N) is 3. The summed E-state index contributed by atoms with van der Waals surface area (Å²) in [5, 5.41) is 2.46. The number of nitrogens with two attached hydrogens (primary N) is 1. The lowest BCUT2D eigenvalue weighted by atomic mass is 10.1. The molecule has 1 fully saturated rings. The topological polar surface area (TPSA) is 54.6 Å². The third-order valence-electron chi connectivity index (χ3n) is 5.61. The maximum atomic E-state index is 5.73. The van der Waals surface area contributed by atoms with Crippen LogP contribution in [0.3, 0.4) is 0 Å². The third-order valence-corrected chi connectivity index (χ3v) is 5.61. The van der Waals surface area contributed by atoms with Gasteiger partial charge in [0.05, 0.1) is 12.3 Å². The molecule has 2 heterocycles. The van der Waals surface area contributed by atoms with Crippen molar-refractivity contribution in [2.45, 2.75) is 13.3 Å². The van der Waals surface area contributed by atoms with Crippen molar-refractivity contribution in [1.29, 1.82) is 0 Å². The van der Waals surface area contributed by atoms with E-state index in [-0.39, 0.29) is 12.4 Å². The highest BCUT2D eigenvalue weighted by molar-refractivity contribution is 5.95. The molecule has 0 atom stereocenters. The number of rotatable bonds is 7. The summed E-state index contributed by atoms with van der Waals surface area (Å²) in [6.45, 7) is 8.85. The summed E-state index contributed by atoms with van der Waals surface area (Å²) in [6.07, 6.45) is 0.864. The zero-order valence-electron chi connectivity index (χ0n) is 17.6. The lowest BCUT2D eigenvalue weighted by Gasteiger charge is -2.35. The van der Waals surface area contributed by atoms with Crippen molar-refractivity contribution in [3.8, 4) is 17.0 Å². The van der Waals surface area contributed by atoms with Gasteiger partial charge in [-0.05, 0) is 55.2 Å². The van der Waals surface area contributed by atoms with Gasteiger partial charge in [0.1, 0.15) is 11.6 Å². The van der Waals surface area contributed by atoms with Gasteiger partial charge >= 0.3 is 0 Å². The predicted octanol–water partition coefficient (Wildman–Crippen LogP) is 4.19. The molecule has 0 spiro atoms. The molecule has 0 aliphatic carbocycles. The molecule has 1 saturated heterocycles. The highest BCUT2D eigenvalue weighted by Crippen LogP contribution is 2.31. The SMILES string of the molecule is CCN1CCN(c2nc(-c3ccc(OCCCN)cc3)cc3ccccc23)CC1.Cl. The van der Waals surface area contributed by atoms with Gasteiger partial charge in [-0.1, -0.05) is 31.2 Å². The Bertz CT molecular complexity index is 940. The number of fused-ring (bicyclic) bond motifs is 1. The lowest BCUT2D eigenvalue weighted by molar-refractivity contribution is 0.271. The highest BCUT2D eigenvalue weighted by Gasteiger charge is 2.19. The van der Waals surface area contributed by atoms with Crippen molar-refractivity contribution in [3.63, 3.8) is 0 Å². The van der Waals surface area contributed by atoms with E-state index in [1.165, 1.54) is 10.8 Å². The summed E-state index contributed by atoms with van der Waals surface area (Å²) in [5.41, 5.74) is 7.65. The molecule has 1 aromatic heterocycles. The average Bonchev–Trinajstić information content (AvgIpc) is 2.79. The maximum Gasteiger partial charge on any atom is 0.137 e. The number of hydrogen-bond donors (Lipinski definition) is 1. The summed E-state index contributed by atoms with van der Waals surface area (Å²) >= 11 is 0. The van der Waals surface area contributed by atoms with Gasteiger partial charge in [-0.3, -0.25) is 0 Å². The van der Waals surface area contributed by atoms with Gasteiger partial charge < -0.3 is 20.3 Å². The maximum absolute atomic E-state index is 5.73. The van der Waals surface area contributed by atoms with E-state index >= 15 is 0 Å². The molecule has 0 unspecified atom stereocenters. The number of piperazine rings is 1. The predicted molar refractivity (Wildman–Crippen MR) is 128 cm³/mol. The summed E-state index contributed by atoms with van der Waals surface area (Å²) < 4.78 is 5.73. The molecule has 0 radical (unpaired) electrons. The first-order chi connectivity index (χ1) is 14.3. The number of likely N-dealkylation sites (N-methyl/N-ethyl adjacent to an activating group) is 1. The molecule has 1 aliphatic heterocycles. The van der Waals surface area contributed by atoms with E-state index in [0.717, 1.165) is 62.0 Å². The highest BCUT2D eigenvalue weighted by atomic mass is 35.5. The number of anilines is 1. The van der Waals surface area contributed by atoms with Gasteiger partial charge in [0.25, 0.3) is 0 Å². The molecule has 5 nitrogen and oxygen atoms in total. The number of benzene rings is 2. The molecule has 0 saturated carbocycles. The first-order valence-electron chi connectivity index (χ1n) is 10.6. The fourth-order valence-corrected chi connectivity index (χ4v) is 3.84. The van der Waals surface area contributed by atoms with Crippen molar-refractivity contribution in [1.82, 2.24) is 9.88 Å². The molecule has 0 bridgehead atoms. The van der Waals surface area contributed by atoms with Crippen LogP contribution in [0.4, 0.5) is 5.82 Å². The fourth-order valence-electron chi connectivity index (χ4n) is 3.84. The van der Waals surface area contributed by atoms with E-state index in [1.54, 1.807) is 0 Å². The number of halogens is 1. The molecule has 30 heavy (non-hydrogen) atoms. The Kier molecular flexibility index (Phi) is 7.91. The molecule has 160 valence electrons. The Hall–Kier alpha value is -2.34. The first kappa shape index (κ1) is 22.3. The molecule has 6 heteroatoms. The summed E-state index contributed by atoms with van der Waals surface area (Å²) in [5.74, 6) is 1.97. The van der Waals surface area contributed by atoms with Gasteiger partial charge in [0.2, 0.25) is 0 Å². The van der Waals surface area contributed by atoms with Crippen molar-refractivity contribution >= 4 is 29.0 Å². The van der Waals surface area contributed by atoms with E-state index in [4.69, 9.17) is 15.5 Å². The molecule has 4 rings (SSSR count). The van der Waals surface area contributed by atoms with Gasteiger partial charge in [0.15, 0.2) is 0 Å². The molecule has 3 aromatic rings. The van der Waals surface area contributed by atoms with Crippen LogP contribution in [0.1, 0.15) is 13.3 Å². The van der Waals surface area contributed by atoms with Gasteiger partial charge in [-0.2, -0.15) is 0 Å². The second-order valence-electron chi connectivity index (χ2n) is 7.49. The molecule has 0 amide bonds. The molecule has 2 N–H and O–H groups in total. The quantitative estimate of drug-likeness (QED) is 0.574. The number of ether oxygens (including phenoxy) is 1. The minimum atomic E-state index is 0. The van der Waals surface area contributed by atoms with Crippen LogP contribution in [0.5, 0.6) is 5.75 Å². The van der Waals surface area contributed by atoms with Crippen molar-refractivity contribution in [3.05, 3.63) is 54.6 Å². The van der Waals surface area contributed by atoms with Crippen molar-refractivity contribution in [2.24, 2.45) is 5.73 Å². The first-order valence-corrected chi connectivity index (χ1v) is 10.6. The van der Waals surface area contributed by atoms with Crippen LogP contribution in [0.25, 0.3) is 22.0 Å². The fraction of sp³-hybridized carbons (Fsp3) is 0.375. The van der Waals surface area contributed by atoms with E-state index in [0.29, 0.717) is 13.2 Å². The second-order valence-corrected chi connectivity index (χ2v) is 7.49. The molecular weight excluding hydrogens is 396 g/mol. The van der Waals surface area contributed by atoms with Gasteiger partial charge in [-0.15, -0.1) is 12.4 Å². The molecular formula is C24H31ClN4O. The van der Waals surface area contributed by atoms with Gasteiger partial charge in [-0.25, -0.2) is 4.98 Å². The monoisotopic (exact) mass is 426 g/mol. The van der Waals surface area contributed by atoms with Crippen LogP contribution in [0.15, 0.2) is 54.6 Å². The van der Waals surface area contributed by atoms with Crippen molar-refractivity contribution in [2.75, 3.05) is 50.8 Å². The van der Waals surface area contributed by atoms with Crippen LogP contribution >= 0.6 is 12.4 Å². The number of pyridine rings is 1. The number of aromatic nitrogens is 1. The Morgan fingerprint density at radius 2 is 1.73 bits per heavy atom. The smallest absolute Gasteiger partial charge is 0.137 e. The van der Waals surface area contributed by atoms with Crippen LogP contribution in [0.2, 0.25) is 0 Å². The Labute approximate surface area is 185 Å². The van der Waals surface area contributed by atoms with Crippen molar-refractivity contribution < 1.29 is 4.74 Å². The van der Waals surface area contributed by atoms with E-state index in [2.05, 4.69) is 59.2 Å². The second kappa shape index (κ2) is 10.6. The Morgan fingerprint density at radius 3 is 2.43 bits per heavy atom. The average molecular weight is 427 g/mol. The largest absolute Gasteiger partial charge is 0.494 e. The van der Waals surface area contributed by atoms with Crippen LogP contribution in [-0.2, 0) is 0 Å². The molecule has 2 aromatic carbocycles. The standard InChI is InChI=1S/C24H30N4O.ClH/c1-2-27-13-15-28(16-14-27)24-22-7-4-3-6-20(22)18-23(26-24)19-8-10-21(11-9-19)29-17-5-12-25;/h3-4,6-11,18H,2,5,12-17,25H2,1H3;1H. The summed E-state index contributed by atoms with van der Waals surface area (Å²) in [6, 6.07) is 19.0. The van der Waals surface area contributed by atoms with E-state index in [9.17, 15) is 0 Å². The Balaban J connectivity index is 0.00000256. The van der Waals surface area contributed by atoms with Crippen LogP contribution in [-0.4, -0.2) is 55.8 Å². The molecule has 1 aliphatic rings. The van der Waals surface area contributed by atoms with E-state index in [1.807, 2.05) is 12.1 Å². The minimum absolute atomic E-state index is 0. The summed E-state index contributed by atoms with van der Waals surface area (Å²) in [7, 11) is 0. The zero-order chi connectivity index (χ0) is 20.1. The normalized spacial score (nSPS) is 14.5. The summed E-state index contributed by atoms with van der Waals surface area (Å²) in [4.78, 5) is 10.0. The zero-order valence-corrected chi connectivity index (χ0v) is 18.4. The lowest BCUT2D eigenvalue weighted by Crippen LogP contribution is -2.46. The third kappa shape index (κ3) is 5.04.